The number of hydrazone groups is 1. The van der Waals surface area contributed by atoms with Gasteiger partial charge in [0.1, 0.15) is 12.3 Å². The van der Waals surface area contributed by atoms with Gasteiger partial charge in [-0.2, -0.15) is 10.1 Å². The molecule has 138 valence electrons. The van der Waals surface area contributed by atoms with E-state index in [1.165, 1.54) is 37.7 Å². The Morgan fingerprint density at radius 1 is 1.38 bits per heavy atom. The lowest BCUT2D eigenvalue weighted by Crippen LogP contribution is -2.16. The number of nitrogens with zero attached hydrogens (tertiary/aromatic N) is 4. The van der Waals surface area contributed by atoms with E-state index in [1.807, 2.05) is 0 Å². The summed E-state index contributed by atoms with van der Waals surface area (Å²) in [5.74, 6) is 2.54. The summed E-state index contributed by atoms with van der Waals surface area (Å²) in [6.07, 6.45) is 2.76. The van der Waals surface area contributed by atoms with Crippen LogP contribution >= 0.6 is 11.6 Å². The number of methoxy groups -OCH3 is 1. The van der Waals surface area contributed by atoms with Gasteiger partial charge < -0.3 is 15.3 Å². The van der Waals surface area contributed by atoms with Gasteiger partial charge in [-0.15, -0.1) is 0 Å². The molecule has 0 bridgehead atoms. The van der Waals surface area contributed by atoms with Crippen LogP contribution in [-0.4, -0.2) is 35.6 Å². The summed E-state index contributed by atoms with van der Waals surface area (Å²) in [5, 5.41) is 3.49. The summed E-state index contributed by atoms with van der Waals surface area (Å²) in [4.78, 5) is 11.9. The van der Waals surface area contributed by atoms with Gasteiger partial charge in [0.25, 0.3) is 5.92 Å². The van der Waals surface area contributed by atoms with E-state index in [9.17, 15) is 8.78 Å². The molecule has 0 saturated heterocycles. The van der Waals surface area contributed by atoms with Crippen molar-refractivity contribution in [1.29, 1.82) is 0 Å². The molecule has 0 unspecified atom stereocenters. The molecule has 1 aromatic carbocycles. The number of hydrogen-bond donors (Lipinski definition) is 1. The molecule has 2 rings (SSSR count). The summed E-state index contributed by atoms with van der Waals surface area (Å²) in [5.41, 5.74) is 0.196. The van der Waals surface area contributed by atoms with Crippen LogP contribution in [0.5, 0.6) is 11.9 Å². The molecule has 26 heavy (non-hydrogen) atoms. The molecule has 0 aliphatic rings. The maximum Gasteiger partial charge on any atom is 0.320 e. The standard InChI is InChI=1S/C16H16ClF2N5O2/c1-16(18,19)12-7-10(3-4-13(12)17)22-8-11(24-20)9-26-15-21-6-5-14(23-15)25-2/h3-8H,9,20H2,1-2H3. The molecule has 1 aromatic heterocycles. The molecule has 0 radical (unpaired) electrons. The van der Waals surface area contributed by atoms with Crippen molar-refractivity contribution < 1.29 is 18.3 Å². The summed E-state index contributed by atoms with van der Waals surface area (Å²) < 4.78 is 37.3. The number of aromatic nitrogens is 2. The SMILES string of the molecule is COc1ccnc(OCC(C=Nc2ccc(Cl)c(C(C)(F)F)c2)=NN)n1. The molecule has 7 nitrogen and oxygen atoms in total. The molecule has 2 N–H and O–H groups in total. The maximum atomic E-state index is 13.5. The summed E-state index contributed by atoms with van der Waals surface area (Å²) >= 11 is 5.79. The third kappa shape index (κ3) is 5.35. The second kappa shape index (κ2) is 8.52. The largest absolute Gasteiger partial charge is 0.481 e. The molecule has 0 atom stereocenters. The van der Waals surface area contributed by atoms with Crippen LogP contribution in [0.4, 0.5) is 14.5 Å². The van der Waals surface area contributed by atoms with E-state index < -0.39 is 5.92 Å². The molecule has 0 spiro atoms. The van der Waals surface area contributed by atoms with Gasteiger partial charge in [-0.05, 0) is 18.2 Å². The highest BCUT2D eigenvalue weighted by Gasteiger charge is 2.27. The first kappa shape index (κ1) is 19.5. The average molecular weight is 384 g/mol. The minimum Gasteiger partial charge on any atom is -0.481 e. The minimum atomic E-state index is -3.08. The molecule has 10 heteroatoms. The van der Waals surface area contributed by atoms with Crippen molar-refractivity contribution in [1.82, 2.24) is 9.97 Å². The van der Waals surface area contributed by atoms with E-state index >= 15 is 0 Å². The minimum absolute atomic E-state index is 0.0392. The third-order valence-corrected chi connectivity index (χ3v) is 3.45. The number of aliphatic imine (C=N–C) groups is 1. The van der Waals surface area contributed by atoms with Gasteiger partial charge in [0, 0.05) is 29.8 Å². The first-order chi connectivity index (χ1) is 12.3. The highest BCUT2D eigenvalue weighted by molar-refractivity contribution is 6.32. The first-order valence-corrected chi connectivity index (χ1v) is 7.69. The zero-order valence-corrected chi connectivity index (χ0v) is 14.7. The molecule has 0 aliphatic heterocycles. The first-order valence-electron chi connectivity index (χ1n) is 7.32. The Balaban J connectivity index is 2.08. The van der Waals surface area contributed by atoms with Crippen LogP contribution in [0.1, 0.15) is 12.5 Å². The molecule has 0 aliphatic carbocycles. The molecule has 2 aromatic rings. The summed E-state index contributed by atoms with van der Waals surface area (Å²) in [6.45, 7) is 0.688. The Hall–Kier alpha value is -2.81. The van der Waals surface area contributed by atoms with Gasteiger partial charge in [0.15, 0.2) is 0 Å². The van der Waals surface area contributed by atoms with Gasteiger partial charge in [-0.25, -0.2) is 13.8 Å². The highest BCUT2D eigenvalue weighted by atomic mass is 35.5. The number of halogens is 3. The van der Waals surface area contributed by atoms with Crippen LogP contribution in [0.25, 0.3) is 0 Å². The fourth-order valence-corrected chi connectivity index (χ4v) is 2.12. The van der Waals surface area contributed by atoms with E-state index in [1.54, 1.807) is 6.07 Å². The normalized spacial score (nSPS) is 12.4. The van der Waals surface area contributed by atoms with Crippen molar-refractivity contribution in [2.24, 2.45) is 15.9 Å². The molecular weight excluding hydrogens is 368 g/mol. The van der Waals surface area contributed by atoms with Crippen molar-refractivity contribution in [2.75, 3.05) is 13.7 Å². The van der Waals surface area contributed by atoms with Crippen molar-refractivity contribution >= 4 is 29.2 Å². The zero-order chi connectivity index (χ0) is 19.2. The molecule has 0 fully saturated rings. The lowest BCUT2D eigenvalue weighted by molar-refractivity contribution is 0.0176. The van der Waals surface area contributed by atoms with E-state index in [4.69, 9.17) is 26.9 Å². The lowest BCUT2D eigenvalue weighted by atomic mass is 10.1. The van der Waals surface area contributed by atoms with E-state index in [-0.39, 0.29) is 34.6 Å². The van der Waals surface area contributed by atoms with Crippen LogP contribution in [0.2, 0.25) is 5.02 Å². The van der Waals surface area contributed by atoms with Crippen LogP contribution in [0.3, 0.4) is 0 Å². The summed E-state index contributed by atoms with van der Waals surface area (Å²) in [6, 6.07) is 5.67. The smallest absolute Gasteiger partial charge is 0.320 e. The Bertz CT molecular complexity index is 825. The number of hydrogen-bond acceptors (Lipinski definition) is 7. The summed E-state index contributed by atoms with van der Waals surface area (Å²) in [7, 11) is 1.46. The van der Waals surface area contributed by atoms with E-state index in [2.05, 4.69) is 20.1 Å². The monoisotopic (exact) mass is 383 g/mol. The topological polar surface area (TPSA) is 95.0 Å². The van der Waals surface area contributed by atoms with Crippen LogP contribution < -0.4 is 15.3 Å². The van der Waals surface area contributed by atoms with Gasteiger partial charge >= 0.3 is 6.01 Å². The third-order valence-electron chi connectivity index (χ3n) is 3.12. The number of benzene rings is 1. The van der Waals surface area contributed by atoms with Gasteiger partial charge in [0.2, 0.25) is 5.88 Å². The predicted octanol–water partition coefficient (Wildman–Crippen LogP) is 3.35. The number of rotatable bonds is 7. The fourth-order valence-electron chi connectivity index (χ4n) is 1.83. The highest BCUT2D eigenvalue weighted by Crippen LogP contribution is 2.35. The van der Waals surface area contributed by atoms with Crippen LogP contribution in [0.15, 0.2) is 40.6 Å². The molecular formula is C16H16ClF2N5O2. The molecule has 0 amide bonds. The second-order valence-electron chi connectivity index (χ2n) is 5.10. The Kier molecular flexibility index (Phi) is 6.40. The zero-order valence-electron chi connectivity index (χ0n) is 14.0. The average Bonchev–Trinajstić information content (AvgIpc) is 2.62. The van der Waals surface area contributed by atoms with Crippen LogP contribution in [-0.2, 0) is 5.92 Å². The van der Waals surface area contributed by atoms with Crippen molar-refractivity contribution in [3.05, 3.63) is 41.0 Å². The van der Waals surface area contributed by atoms with Crippen molar-refractivity contribution in [3.8, 4) is 11.9 Å². The van der Waals surface area contributed by atoms with E-state index in [0.29, 0.717) is 5.88 Å². The number of nitrogens with two attached hydrogens (primary N) is 1. The second-order valence-corrected chi connectivity index (χ2v) is 5.51. The quantitative estimate of drug-likeness (QED) is 0.449. The molecule has 1 heterocycles. The number of ether oxygens (including phenoxy) is 2. The van der Waals surface area contributed by atoms with Crippen molar-refractivity contribution in [3.63, 3.8) is 0 Å². The Morgan fingerprint density at radius 3 is 2.81 bits per heavy atom. The maximum absolute atomic E-state index is 13.5. The van der Waals surface area contributed by atoms with Gasteiger partial charge in [0.05, 0.1) is 19.0 Å². The Labute approximate surface area is 153 Å². The number of alkyl halides is 2. The lowest BCUT2D eigenvalue weighted by Gasteiger charge is -2.12. The van der Waals surface area contributed by atoms with Crippen molar-refractivity contribution in [2.45, 2.75) is 12.8 Å². The fraction of sp³-hybridized carbons (Fsp3) is 0.250. The Morgan fingerprint density at radius 2 is 2.15 bits per heavy atom. The van der Waals surface area contributed by atoms with Crippen LogP contribution in [0, 0.1) is 0 Å². The van der Waals surface area contributed by atoms with Gasteiger partial charge in [-0.3, -0.25) is 4.99 Å². The molecule has 0 saturated carbocycles. The predicted molar refractivity (Wildman–Crippen MR) is 94.9 cm³/mol. The van der Waals surface area contributed by atoms with E-state index in [0.717, 1.165) is 6.92 Å². The van der Waals surface area contributed by atoms with Gasteiger partial charge in [-0.1, -0.05) is 11.6 Å².